The summed E-state index contributed by atoms with van der Waals surface area (Å²) in [5, 5.41) is 1.02. The summed E-state index contributed by atoms with van der Waals surface area (Å²) in [6.45, 7) is 3.67. The molecule has 3 rings (SSSR count). The molecule has 0 bridgehead atoms. The van der Waals surface area contributed by atoms with Gasteiger partial charge in [0.25, 0.3) is 5.91 Å². The van der Waals surface area contributed by atoms with Crippen LogP contribution < -0.4 is 0 Å². The Morgan fingerprint density at radius 1 is 1.35 bits per heavy atom. The molecule has 1 saturated heterocycles. The molecule has 1 aromatic carbocycles. The smallest absolute Gasteiger partial charge is 0.256 e. The number of amides is 1. The van der Waals surface area contributed by atoms with E-state index in [1.54, 1.807) is 0 Å². The van der Waals surface area contributed by atoms with Crippen molar-refractivity contribution in [3.63, 3.8) is 0 Å². The molecule has 5 heteroatoms. The maximum Gasteiger partial charge on any atom is 0.256 e. The second kappa shape index (κ2) is 6.72. The van der Waals surface area contributed by atoms with Crippen molar-refractivity contribution in [1.82, 2.24) is 14.4 Å². The highest BCUT2D eigenvalue weighted by Crippen LogP contribution is 2.22. The second-order valence-electron chi connectivity index (χ2n) is 6.63. The summed E-state index contributed by atoms with van der Waals surface area (Å²) >= 11 is 0. The Kier molecular flexibility index (Phi) is 4.68. The number of carbonyl (C=O) groups is 1. The third-order valence-electron chi connectivity index (χ3n) is 4.38. The summed E-state index contributed by atoms with van der Waals surface area (Å²) in [4.78, 5) is 17.2. The van der Waals surface area contributed by atoms with Crippen LogP contribution in [0, 0.1) is 5.92 Å². The highest BCUT2D eigenvalue weighted by molar-refractivity contribution is 6.07. The van der Waals surface area contributed by atoms with Gasteiger partial charge in [0, 0.05) is 49.7 Å². The minimum atomic E-state index is 0.107. The predicted molar refractivity (Wildman–Crippen MR) is 91.7 cm³/mol. The number of ether oxygens (including phenoxy) is 1. The van der Waals surface area contributed by atoms with E-state index in [9.17, 15) is 4.79 Å². The molecule has 0 spiro atoms. The molecule has 1 amide bonds. The van der Waals surface area contributed by atoms with Gasteiger partial charge in [0.05, 0.1) is 18.8 Å². The minimum Gasteiger partial charge on any atom is -0.379 e. The molecule has 1 aliphatic heterocycles. The lowest BCUT2D eigenvalue weighted by atomic mass is 10.1. The molecule has 1 aliphatic rings. The average Bonchev–Trinajstić information content (AvgIpc) is 2.70. The third-order valence-corrected chi connectivity index (χ3v) is 4.38. The zero-order valence-corrected chi connectivity index (χ0v) is 14.2. The lowest BCUT2D eigenvalue weighted by Crippen LogP contribution is -2.38. The number of carbonyl (C=O) groups excluding carboxylic acids is 1. The van der Waals surface area contributed by atoms with E-state index in [2.05, 4.69) is 19.0 Å². The molecule has 0 saturated carbocycles. The van der Waals surface area contributed by atoms with E-state index in [0.717, 1.165) is 36.2 Å². The van der Waals surface area contributed by atoms with Crippen LogP contribution in [0.4, 0.5) is 0 Å². The highest BCUT2D eigenvalue weighted by Gasteiger charge is 2.25. The molecule has 2 aromatic rings. The van der Waals surface area contributed by atoms with Gasteiger partial charge >= 0.3 is 0 Å². The van der Waals surface area contributed by atoms with E-state index in [4.69, 9.17) is 4.74 Å². The number of aromatic nitrogens is 1. The zero-order valence-electron chi connectivity index (χ0n) is 14.2. The summed E-state index contributed by atoms with van der Waals surface area (Å²) in [6, 6.07) is 8.06. The highest BCUT2D eigenvalue weighted by atomic mass is 16.5. The van der Waals surface area contributed by atoms with Gasteiger partial charge in [0.1, 0.15) is 0 Å². The van der Waals surface area contributed by atoms with Crippen LogP contribution in [-0.2, 0) is 11.8 Å². The molecule has 1 unspecified atom stereocenters. The summed E-state index contributed by atoms with van der Waals surface area (Å²) in [5.41, 5.74) is 1.88. The van der Waals surface area contributed by atoms with Crippen LogP contribution in [0.15, 0.2) is 30.5 Å². The molecule has 5 nitrogen and oxygen atoms in total. The van der Waals surface area contributed by atoms with E-state index in [1.165, 1.54) is 0 Å². The average molecular weight is 315 g/mol. The van der Waals surface area contributed by atoms with Crippen LogP contribution in [0.25, 0.3) is 10.9 Å². The fourth-order valence-electron chi connectivity index (χ4n) is 3.37. The Bertz CT molecular complexity index is 693. The maximum atomic E-state index is 13.1. The van der Waals surface area contributed by atoms with Gasteiger partial charge in [-0.2, -0.15) is 0 Å². The SMILES string of the molecule is CN(C)CC1COCCN(C(=O)c2cn(C)c3ccccc23)C1. The largest absolute Gasteiger partial charge is 0.379 e. The van der Waals surface area contributed by atoms with Crippen molar-refractivity contribution in [3.8, 4) is 0 Å². The molecule has 1 atom stereocenters. The van der Waals surface area contributed by atoms with E-state index < -0.39 is 0 Å². The third kappa shape index (κ3) is 3.41. The molecule has 124 valence electrons. The van der Waals surface area contributed by atoms with Gasteiger partial charge in [-0.15, -0.1) is 0 Å². The first-order valence-corrected chi connectivity index (χ1v) is 8.12. The molecule has 1 fully saturated rings. The number of para-hydroxylation sites is 1. The number of benzene rings is 1. The van der Waals surface area contributed by atoms with E-state index in [1.807, 2.05) is 47.0 Å². The Labute approximate surface area is 137 Å². The Morgan fingerprint density at radius 2 is 2.13 bits per heavy atom. The molecule has 1 aromatic heterocycles. The number of hydrogen-bond donors (Lipinski definition) is 0. The maximum absolute atomic E-state index is 13.1. The summed E-state index contributed by atoms with van der Waals surface area (Å²) in [7, 11) is 6.10. The van der Waals surface area contributed by atoms with Gasteiger partial charge in [-0.1, -0.05) is 18.2 Å². The number of aryl methyl sites for hydroxylation is 1. The first kappa shape index (κ1) is 16.0. The number of fused-ring (bicyclic) bond motifs is 1. The van der Waals surface area contributed by atoms with Crippen molar-refractivity contribution in [2.24, 2.45) is 13.0 Å². The standard InChI is InChI=1S/C18H25N3O2/c1-19(2)10-14-11-21(8-9-23-13-14)18(22)16-12-20(3)17-7-5-4-6-15(16)17/h4-7,12,14H,8-11,13H2,1-3H3. The molecule has 0 radical (unpaired) electrons. The Balaban J connectivity index is 1.85. The van der Waals surface area contributed by atoms with Crippen molar-refractivity contribution in [1.29, 1.82) is 0 Å². The van der Waals surface area contributed by atoms with E-state index in [0.29, 0.717) is 19.1 Å². The predicted octanol–water partition coefficient (Wildman–Crippen LogP) is 1.83. The first-order chi connectivity index (χ1) is 11.1. The Hall–Kier alpha value is -1.85. The van der Waals surface area contributed by atoms with Crippen molar-refractivity contribution in [2.75, 3.05) is 46.9 Å². The second-order valence-corrected chi connectivity index (χ2v) is 6.63. The van der Waals surface area contributed by atoms with Crippen LogP contribution in [0.5, 0.6) is 0 Å². The van der Waals surface area contributed by atoms with Crippen LogP contribution in [0.2, 0.25) is 0 Å². The van der Waals surface area contributed by atoms with Crippen LogP contribution in [-0.4, -0.2) is 67.2 Å². The summed E-state index contributed by atoms with van der Waals surface area (Å²) in [6.07, 6.45) is 1.94. The monoisotopic (exact) mass is 315 g/mol. The molecular weight excluding hydrogens is 290 g/mol. The van der Waals surface area contributed by atoms with Crippen molar-refractivity contribution >= 4 is 16.8 Å². The van der Waals surface area contributed by atoms with Crippen LogP contribution in [0.1, 0.15) is 10.4 Å². The molecule has 2 heterocycles. The van der Waals surface area contributed by atoms with Gasteiger partial charge in [-0.05, 0) is 20.2 Å². The topological polar surface area (TPSA) is 37.7 Å². The quantitative estimate of drug-likeness (QED) is 0.867. The number of hydrogen-bond acceptors (Lipinski definition) is 3. The van der Waals surface area contributed by atoms with Crippen molar-refractivity contribution < 1.29 is 9.53 Å². The molecule has 23 heavy (non-hydrogen) atoms. The van der Waals surface area contributed by atoms with E-state index in [-0.39, 0.29) is 5.91 Å². The van der Waals surface area contributed by atoms with E-state index >= 15 is 0 Å². The number of nitrogens with zero attached hydrogens (tertiary/aromatic N) is 3. The van der Waals surface area contributed by atoms with Crippen LogP contribution in [0.3, 0.4) is 0 Å². The lowest BCUT2D eigenvalue weighted by Gasteiger charge is -2.25. The van der Waals surface area contributed by atoms with Crippen molar-refractivity contribution in [3.05, 3.63) is 36.0 Å². The normalized spacial score (nSPS) is 19.3. The molecular formula is C18H25N3O2. The number of rotatable bonds is 3. The summed E-state index contributed by atoms with van der Waals surface area (Å²) in [5.74, 6) is 0.461. The summed E-state index contributed by atoms with van der Waals surface area (Å²) < 4.78 is 7.71. The minimum absolute atomic E-state index is 0.107. The first-order valence-electron chi connectivity index (χ1n) is 8.12. The fraction of sp³-hybridized carbons (Fsp3) is 0.500. The van der Waals surface area contributed by atoms with Crippen molar-refractivity contribution in [2.45, 2.75) is 0 Å². The van der Waals surface area contributed by atoms with Gasteiger partial charge in [0.15, 0.2) is 0 Å². The fourth-order valence-corrected chi connectivity index (χ4v) is 3.37. The zero-order chi connectivity index (χ0) is 16.4. The Morgan fingerprint density at radius 3 is 2.91 bits per heavy atom. The lowest BCUT2D eigenvalue weighted by molar-refractivity contribution is 0.0737. The van der Waals surface area contributed by atoms with Gasteiger partial charge in [0.2, 0.25) is 0 Å². The van der Waals surface area contributed by atoms with Gasteiger partial charge < -0.3 is 19.1 Å². The van der Waals surface area contributed by atoms with Crippen LogP contribution >= 0.6 is 0 Å². The molecule has 0 N–H and O–H groups in total. The van der Waals surface area contributed by atoms with Gasteiger partial charge in [-0.3, -0.25) is 4.79 Å². The molecule has 0 aliphatic carbocycles. The van der Waals surface area contributed by atoms with Gasteiger partial charge in [-0.25, -0.2) is 0 Å².